The van der Waals surface area contributed by atoms with E-state index in [4.69, 9.17) is 16.0 Å². The summed E-state index contributed by atoms with van der Waals surface area (Å²) >= 11 is 5.61. The van der Waals surface area contributed by atoms with E-state index in [1.807, 2.05) is 0 Å². The summed E-state index contributed by atoms with van der Waals surface area (Å²) in [5, 5.41) is 21.6. The SMILES string of the molecule is CC(=O)Nc1oc(-c2ccc(Cl)cc2F)c(O)c1O. The van der Waals surface area contributed by atoms with Gasteiger partial charge < -0.3 is 14.6 Å². The molecule has 1 aromatic carbocycles. The van der Waals surface area contributed by atoms with Gasteiger partial charge in [0.05, 0.1) is 5.56 Å². The van der Waals surface area contributed by atoms with E-state index in [2.05, 4.69) is 5.32 Å². The molecule has 100 valence electrons. The molecule has 0 atom stereocenters. The molecule has 2 rings (SSSR count). The molecule has 7 heteroatoms. The van der Waals surface area contributed by atoms with Crippen LogP contribution in [0.3, 0.4) is 0 Å². The summed E-state index contributed by atoms with van der Waals surface area (Å²) in [7, 11) is 0. The van der Waals surface area contributed by atoms with Gasteiger partial charge in [0.2, 0.25) is 23.3 Å². The number of amides is 1. The molecule has 1 heterocycles. The highest BCUT2D eigenvalue weighted by atomic mass is 35.5. The minimum atomic E-state index is -0.731. The Morgan fingerprint density at radius 1 is 1.37 bits per heavy atom. The zero-order valence-electron chi connectivity index (χ0n) is 9.70. The van der Waals surface area contributed by atoms with Crippen LogP contribution < -0.4 is 5.32 Å². The van der Waals surface area contributed by atoms with Crippen molar-refractivity contribution in [1.29, 1.82) is 0 Å². The molecule has 0 unspecified atom stereocenters. The average molecular weight is 286 g/mol. The largest absolute Gasteiger partial charge is 0.502 e. The minimum absolute atomic E-state index is 0.0891. The molecule has 5 nitrogen and oxygen atoms in total. The van der Waals surface area contributed by atoms with Crippen molar-refractivity contribution in [3.05, 3.63) is 29.0 Å². The summed E-state index contributed by atoms with van der Waals surface area (Å²) in [6, 6.07) is 3.72. The van der Waals surface area contributed by atoms with Crippen LogP contribution in [0.25, 0.3) is 11.3 Å². The number of halogens is 2. The average Bonchev–Trinajstić information content (AvgIpc) is 2.57. The Morgan fingerprint density at radius 3 is 2.63 bits per heavy atom. The Balaban J connectivity index is 2.53. The fraction of sp³-hybridized carbons (Fsp3) is 0.0833. The quantitative estimate of drug-likeness (QED) is 0.792. The van der Waals surface area contributed by atoms with E-state index in [0.717, 1.165) is 6.07 Å². The first kappa shape index (κ1) is 13.2. The molecule has 3 N–H and O–H groups in total. The molecular formula is C12H9ClFNO4. The van der Waals surface area contributed by atoms with E-state index in [9.17, 15) is 19.4 Å². The summed E-state index contributed by atoms with van der Waals surface area (Å²) in [6.07, 6.45) is 0. The number of carbonyl (C=O) groups excluding carboxylic acids is 1. The highest BCUT2D eigenvalue weighted by Crippen LogP contribution is 2.45. The Bertz CT molecular complexity index is 653. The van der Waals surface area contributed by atoms with Gasteiger partial charge in [-0.3, -0.25) is 10.1 Å². The molecular weight excluding hydrogens is 277 g/mol. The molecule has 2 aromatic rings. The van der Waals surface area contributed by atoms with Crippen LogP contribution in [-0.4, -0.2) is 16.1 Å². The maximum Gasteiger partial charge on any atom is 0.246 e. The van der Waals surface area contributed by atoms with Crippen LogP contribution in [0.15, 0.2) is 22.6 Å². The molecule has 19 heavy (non-hydrogen) atoms. The molecule has 0 saturated carbocycles. The fourth-order valence-corrected chi connectivity index (χ4v) is 1.67. The van der Waals surface area contributed by atoms with Crippen molar-refractivity contribution in [1.82, 2.24) is 0 Å². The summed E-state index contributed by atoms with van der Waals surface area (Å²) in [5.74, 6) is -3.22. The minimum Gasteiger partial charge on any atom is -0.502 e. The van der Waals surface area contributed by atoms with Gasteiger partial charge in [-0.2, -0.15) is 0 Å². The first-order valence-electron chi connectivity index (χ1n) is 5.18. The van der Waals surface area contributed by atoms with Gasteiger partial charge in [0.1, 0.15) is 5.82 Å². The van der Waals surface area contributed by atoms with Crippen molar-refractivity contribution in [2.45, 2.75) is 6.92 Å². The maximum absolute atomic E-state index is 13.7. The highest BCUT2D eigenvalue weighted by molar-refractivity contribution is 6.30. The van der Waals surface area contributed by atoms with E-state index in [1.54, 1.807) is 0 Å². The number of benzene rings is 1. The first-order chi connectivity index (χ1) is 8.90. The molecule has 0 fully saturated rings. The van der Waals surface area contributed by atoms with Gasteiger partial charge in [0.25, 0.3) is 0 Å². The molecule has 0 aliphatic rings. The zero-order valence-corrected chi connectivity index (χ0v) is 10.5. The van der Waals surface area contributed by atoms with Crippen molar-refractivity contribution >= 4 is 23.4 Å². The van der Waals surface area contributed by atoms with Gasteiger partial charge in [-0.15, -0.1) is 0 Å². The number of hydrogen-bond donors (Lipinski definition) is 3. The molecule has 0 aliphatic heterocycles. The lowest BCUT2D eigenvalue weighted by atomic mass is 10.1. The number of nitrogens with one attached hydrogen (secondary N) is 1. The summed E-state index contributed by atoms with van der Waals surface area (Å²) in [6.45, 7) is 1.20. The van der Waals surface area contributed by atoms with Gasteiger partial charge in [0, 0.05) is 11.9 Å². The Kier molecular flexibility index (Phi) is 3.35. The number of anilines is 1. The van der Waals surface area contributed by atoms with E-state index in [0.29, 0.717) is 0 Å². The van der Waals surface area contributed by atoms with Crippen molar-refractivity contribution in [2.75, 3.05) is 5.32 Å². The Morgan fingerprint density at radius 2 is 2.05 bits per heavy atom. The van der Waals surface area contributed by atoms with Crippen molar-refractivity contribution < 1.29 is 23.8 Å². The number of rotatable bonds is 2. The molecule has 0 saturated heterocycles. The van der Waals surface area contributed by atoms with E-state index in [-0.39, 0.29) is 22.2 Å². The summed E-state index contributed by atoms with van der Waals surface area (Å²) in [4.78, 5) is 10.9. The Hall–Kier alpha value is -2.21. The topological polar surface area (TPSA) is 82.7 Å². The second kappa shape index (κ2) is 4.81. The summed E-state index contributed by atoms with van der Waals surface area (Å²) in [5.41, 5.74) is -0.0891. The molecule has 0 aliphatic carbocycles. The first-order valence-corrected chi connectivity index (χ1v) is 5.55. The molecule has 0 spiro atoms. The van der Waals surface area contributed by atoms with Crippen LogP contribution in [0.2, 0.25) is 5.02 Å². The van der Waals surface area contributed by atoms with Crippen LogP contribution in [0.1, 0.15) is 6.92 Å². The van der Waals surface area contributed by atoms with Crippen molar-refractivity contribution in [3.8, 4) is 22.8 Å². The zero-order chi connectivity index (χ0) is 14.2. The van der Waals surface area contributed by atoms with Gasteiger partial charge in [-0.1, -0.05) is 11.6 Å². The van der Waals surface area contributed by atoms with Crippen LogP contribution in [0.4, 0.5) is 10.3 Å². The molecule has 0 bridgehead atoms. The lowest BCUT2D eigenvalue weighted by Crippen LogP contribution is -2.04. The molecule has 0 radical (unpaired) electrons. The highest BCUT2D eigenvalue weighted by Gasteiger charge is 2.23. The third kappa shape index (κ3) is 2.48. The van der Waals surface area contributed by atoms with Gasteiger partial charge >= 0.3 is 0 Å². The number of hydrogen-bond acceptors (Lipinski definition) is 4. The van der Waals surface area contributed by atoms with Crippen LogP contribution >= 0.6 is 11.6 Å². The van der Waals surface area contributed by atoms with E-state index in [1.165, 1.54) is 19.1 Å². The second-order valence-electron chi connectivity index (χ2n) is 3.76. The van der Waals surface area contributed by atoms with Crippen LogP contribution in [0.5, 0.6) is 11.5 Å². The normalized spacial score (nSPS) is 10.5. The number of carbonyl (C=O) groups is 1. The number of furan rings is 1. The van der Waals surface area contributed by atoms with Gasteiger partial charge in [-0.25, -0.2) is 4.39 Å². The number of aromatic hydroxyl groups is 2. The monoisotopic (exact) mass is 285 g/mol. The summed E-state index contributed by atoms with van der Waals surface area (Å²) < 4.78 is 18.7. The predicted molar refractivity (Wildman–Crippen MR) is 66.7 cm³/mol. The predicted octanol–water partition coefficient (Wildman–Crippen LogP) is 3.11. The maximum atomic E-state index is 13.7. The molecule has 1 amide bonds. The van der Waals surface area contributed by atoms with Gasteiger partial charge in [0.15, 0.2) is 5.76 Å². The second-order valence-corrected chi connectivity index (χ2v) is 4.20. The smallest absolute Gasteiger partial charge is 0.246 e. The third-order valence-electron chi connectivity index (χ3n) is 2.32. The Labute approximate surface area is 112 Å². The van der Waals surface area contributed by atoms with Crippen LogP contribution in [-0.2, 0) is 4.79 Å². The van der Waals surface area contributed by atoms with Crippen molar-refractivity contribution in [3.63, 3.8) is 0 Å². The standard InChI is InChI=1S/C12H9ClFNO4/c1-5(16)15-12-10(18)9(17)11(19-12)7-3-2-6(13)4-8(7)14/h2-4,17-18H,1H3,(H,15,16). The van der Waals surface area contributed by atoms with E-state index < -0.39 is 23.2 Å². The third-order valence-corrected chi connectivity index (χ3v) is 2.56. The lowest BCUT2D eigenvalue weighted by Gasteiger charge is -2.00. The van der Waals surface area contributed by atoms with Gasteiger partial charge in [-0.05, 0) is 18.2 Å². The van der Waals surface area contributed by atoms with Crippen LogP contribution in [0, 0.1) is 5.82 Å². The van der Waals surface area contributed by atoms with Crippen molar-refractivity contribution in [2.24, 2.45) is 0 Å². The lowest BCUT2D eigenvalue weighted by molar-refractivity contribution is -0.114. The molecule has 1 aromatic heterocycles. The fourth-order valence-electron chi connectivity index (χ4n) is 1.51. The van der Waals surface area contributed by atoms with E-state index >= 15 is 0 Å².